The van der Waals surface area contributed by atoms with E-state index in [1.54, 1.807) is 18.6 Å². The Balaban J connectivity index is 0.00000144. The molecule has 1 saturated heterocycles. The van der Waals surface area contributed by atoms with E-state index in [1.807, 2.05) is 30.4 Å². The molecule has 1 atom stereocenters. The van der Waals surface area contributed by atoms with Crippen LogP contribution in [0.4, 0.5) is 0 Å². The van der Waals surface area contributed by atoms with Gasteiger partial charge in [-0.05, 0) is 43.1 Å². The van der Waals surface area contributed by atoms with Gasteiger partial charge in [0.1, 0.15) is 17.5 Å². The summed E-state index contributed by atoms with van der Waals surface area (Å²) in [4.78, 5) is 8.19. The molecule has 3 heterocycles. The number of ether oxygens (including phenoxy) is 1. The normalized spacial score (nSPS) is 16.5. The highest BCUT2D eigenvalue weighted by Gasteiger charge is 2.14. The van der Waals surface area contributed by atoms with Crippen molar-refractivity contribution in [1.29, 1.82) is 0 Å². The summed E-state index contributed by atoms with van der Waals surface area (Å²) in [5.41, 5.74) is 1.91. The molecule has 1 fully saturated rings. The number of nitrogens with zero attached hydrogens (tertiary/aromatic N) is 2. The molecule has 7 heteroatoms. The van der Waals surface area contributed by atoms with Gasteiger partial charge in [-0.1, -0.05) is 23.8 Å². The minimum absolute atomic E-state index is 0. The lowest BCUT2D eigenvalue weighted by atomic mass is 10.2. The second-order valence-corrected chi connectivity index (χ2v) is 5.63. The lowest BCUT2D eigenvalue weighted by molar-refractivity contribution is 0.276. The third-order valence-electron chi connectivity index (χ3n) is 3.62. The van der Waals surface area contributed by atoms with Crippen molar-refractivity contribution >= 4 is 48.6 Å². The Morgan fingerprint density at radius 2 is 2.04 bits per heavy atom. The van der Waals surface area contributed by atoms with Gasteiger partial charge in [-0.2, -0.15) is 0 Å². The topological polar surface area (TPSA) is 47.0 Å². The average Bonchev–Trinajstić information content (AvgIpc) is 3.07. The zero-order chi connectivity index (χ0) is 15.2. The molecule has 0 unspecified atom stereocenters. The fourth-order valence-electron chi connectivity index (χ4n) is 2.40. The van der Waals surface area contributed by atoms with Crippen LogP contribution in [-0.4, -0.2) is 29.2 Å². The number of nitrogens with one attached hydrogen (secondary N) is 1. The number of halogens is 3. The van der Waals surface area contributed by atoms with Crippen molar-refractivity contribution in [2.45, 2.75) is 18.9 Å². The van der Waals surface area contributed by atoms with E-state index in [9.17, 15) is 0 Å². The summed E-state index contributed by atoms with van der Waals surface area (Å²) in [6, 6.07) is 6.22. The van der Waals surface area contributed by atoms with Crippen molar-refractivity contribution < 1.29 is 4.74 Å². The maximum Gasteiger partial charge on any atom is 0.138 e. The smallest absolute Gasteiger partial charge is 0.138 e. The van der Waals surface area contributed by atoms with Crippen LogP contribution in [0.1, 0.15) is 24.0 Å². The zero-order valence-corrected chi connectivity index (χ0v) is 15.4. The molecule has 0 aromatic carbocycles. The molecule has 0 spiro atoms. The van der Waals surface area contributed by atoms with Crippen LogP contribution in [0.3, 0.4) is 0 Å². The Hall–Kier alpha value is -1.33. The van der Waals surface area contributed by atoms with Gasteiger partial charge in [0.15, 0.2) is 0 Å². The van der Waals surface area contributed by atoms with Crippen LogP contribution in [0, 0.1) is 0 Å². The van der Waals surface area contributed by atoms with E-state index < -0.39 is 0 Å². The standard InChI is InChI=1S/C17H18ClN3O.2ClH/c18-17-14(4-3-13-5-8-19-9-6-13)10-16(11-21-17)22-12-15-2-1-7-20-15;;/h3-6,8-11,15,20H,1-2,7,12H2;2*1H/b4-3+;;/t15-;;/m1../s1. The summed E-state index contributed by atoms with van der Waals surface area (Å²) < 4.78 is 5.81. The Labute approximate surface area is 159 Å². The van der Waals surface area contributed by atoms with Gasteiger partial charge in [-0.3, -0.25) is 4.98 Å². The molecule has 0 saturated carbocycles. The molecule has 4 nitrogen and oxygen atoms in total. The minimum atomic E-state index is 0. The third kappa shape index (κ3) is 5.95. The second-order valence-electron chi connectivity index (χ2n) is 5.27. The average molecular weight is 389 g/mol. The summed E-state index contributed by atoms with van der Waals surface area (Å²) >= 11 is 6.15. The van der Waals surface area contributed by atoms with E-state index in [4.69, 9.17) is 16.3 Å². The van der Waals surface area contributed by atoms with Crippen molar-refractivity contribution in [3.05, 3.63) is 53.1 Å². The van der Waals surface area contributed by atoms with E-state index in [0.717, 1.165) is 29.8 Å². The molecule has 1 N–H and O–H groups in total. The molecule has 1 aliphatic rings. The third-order valence-corrected chi connectivity index (χ3v) is 3.93. The van der Waals surface area contributed by atoms with Gasteiger partial charge in [0, 0.05) is 24.0 Å². The van der Waals surface area contributed by atoms with E-state index in [-0.39, 0.29) is 24.8 Å². The molecular formula is C17H20Cl3N3O. The van der Waals surface area contributed by atoms with Gasteiger partial charge in [-0.25, -0.2) is 4.98 Å². The summed E-state index contributed by atoms with van der Waals surface area (Å²) in [5.74, 6) is 0.743. The molecule has 3 rings (SSSR count). The van der Waals surface area contributed by atoms with Crippen LogP contribution >= 0.6 is 36.4 Å². The molecule has 130 valence electrons. The lowest BCUT2D eigenvalue weighted by Gasteiger charge is -2.12. The number of hydrogen-bond acceptors (Lipinski definition) is 4. The fraction of sp³-hybridized carbons (Fsp3) is 0.294. The molecule has 2 aromatic heterocycles. The number of hydrogen-bond donors (Lipinski definition) is 1. The largest absolute Gasteiger partial charge is 0.490 e. The Kier molecular flexibility index (Phi) is 9.08. The molecule has 0 aliphatic carbocycles. The SMILES string of the molecule is Cl.Cl.Clc1ncc(OC[C@H]2CCCN2)cc1/C=C/c1ccncc1. The van der Waals surface area contributed by atoms with Crippen molar-refractivity contribution in [1.82, 2.24) is 15.3 Å². The van der Waals surface area contributed by atoms with Crippen molar-refractivity contribution in [3.63, 3.8) is 0 Å². The summed E-state index contributed by atoms with van der Waals surface area (Å²) in [6.45, 7) is 1.74. The maximum absolute atomic E-state index is 6.15. The molecule has 0 amide bonds. The van der Waals surface area contributed by atoms with Crippen molar-refractivity contribution in [3.8, 4) is 5.75 Å². The highest BCUT2D eigenvalue weighted by Crippen LogP contribution is 2.22. The van der Waals surface area contributed by atoms with E-state index in [0.29, 0.717) is 17.8 Å². The van der Waals surface area contributed by atoms with Crippen LogP contribution in [0.5, 0.6) is 5.75 Å². The lowest BCUT2D eigenvalue weighted by Crippen LogP contribution is -2.28. The van der Waals surface area contributed by atoms with E-state index >= 15 is 0 Å². The first kappa shape index (κ1) is 20.7. The van der Waals surface area contributed by atoms with Crippen molar-refractivity contribution in [2.24, 2.45) is 0 Å². The van der Waals surface area contributed by atoms with Gasteiger partial charge in [0.25, 0.3) is 0 Å². The molecule has 2 aromatic rings. The number of pyridine rings is 2. The van der Waals surface area contributed by atoms with E-state index in [2.05, 4.69) is 15.3 Å². The predicted octanol–water partition coefficient (Wildman–Crippen LogP) is 4.27. The highest BCUT2D eigenvalue weighted by atomic mass is 35.5. The van der Waals surface area contributed by atoms with Gasteiger partial charge in [0.2, 0.25) is 0 Å². The number of aromatic nitrogens is 2. The van der Waals surface area contributed by atoms with Crippen LogP contribution < -0.4 is 10.1 Å². The molecule has 24 heavy (non-hydrogen) atoms. The van der Waals surface area contributed by atoms with Crippen molar-refractivity contribution in [2.75, 3.05) is 13.2 Å². The molecule has 0 radical (unpaired) electrons. The predicted molar refractivity (Wildman–Crippen MR) is 103 cm³/mol. The first-order valence-corrected chi connectivity index (χ1v) is 7.79. The van der Waals surface area contributed by atoms with Crippen LogP contribution in [-0.2, 0) is 0 Å². The summed E-state index contributed by atoms with van der Waals surface area (Å²) in [6.07, 6.45) is 11.5. The number of rotatable bonds is 5. The quantitative estimate of drug-likeness (QED) is 0.777. The first-order valence-electron chi connectivity index (χ1n) is 7.41. The zero-order valence-electron chi connectivity index (χ0n) is 13.0. The molecular weight excluding hydrogens is 369 g/mol. The second kappa shape index (κ2) is 10.5. The maximum atomic E-state index is 6.15. The van der Waals surface area contributed by atoms with E-state index in [1.165, 1.54) is 6.42 Å². The van der Waals surface area contributed by atoms with Crippen LogP contribution in [0.15, 0.2) is 36.8 Å². The Morgan fingerprint density at radius 1 is 1.25 bits per heavy atom. The first-order chi connectivity index (χ1) is 10.8. The van der Waals surface area contributed by atoms with Crippen LogP contribution in [0.2, 0.25) is 5.15 Å². The van der Waals surface area contributed by atoms with Gasteiger partial charge in [0.05, 0.1) is 6.20 Å². The minimum Gasteiger partial charge on any atom is -0.490 e. The van der Waals surface area contributed by atoms with Gasteiger partial charge >= 0.3 is 0 Å². The van der Waals surface area contributed by atoms with Gasteiger partial charge in [-0.15, -0.1) is 24.8 Å². The Morgan fingerprint density at radius 3 is 2.75 bits per heavy atom. The summed E-state index contributed by atoms with van der Waals surface area (Å²) in [5, 5.41) is 3.88. The van der Waals surface area contributed by atoms with Crippen LogP contribution in [0.25, 0.3) is 12.2 Å². The monoisotopic (exact) mass is 387 g/mol. The highest BCUT2D eigenvalue weighted by molar-refractivity contribution is 6.31. The fourth-order valence-corrected chi connectivity index (χ4v) is 2.56. The van der Waals surface area contributed by atoms with Gasteiger partial charge < -0.3 is 10.1 Å². The Bertz CT molecular complexity index is 647. The summed E-state index contributed by atoms with van der Waals surface area (Å²) in [7, 11) is 0. The molecule has 1 aliphatic heterocycles. The molecule has 0 bridgehead atoms.